The van der Waals surface area contributed by atoms with E-state index in [0.717, 1.165) is 36.9 Å². The van der Waals surface area contributed by atoms with Gasteiger partial charge in [0, 0.05) is 18.3 Å². The van der Waals surface area contributed by atoms with Crippen LogP contribution >= 0.6 is 0 Å². The highest BCUT2D eigenvalue weighted by molar-refractivity contribution is 5.85. The number of rotatable bonds is 6. The molecule has 3 nitrogen and oxygen atoms in total. The summed E-state index contributed by atoms with van der Waals surface area (Å²) in [5.74, 6) is 0.511. The summed E-state index contributed by atoms with van der Waals surface area (Å²) in [5.41, 5.74) is 3.75. The van der Waals surface area contributed by atoms with Crippen LogP contribution in [0.5, 0.6) is 0 Å². The van der Waals surface area contributed by atoms with Gasteiger partial charge in [0.15, 0.2) is 6.29 Å². The lowest BCUT2D eigenvalue weighted by atomic mass is 10.00. The summed E-state index contributed by atoms with van der Waals surface area (Å²) in [6, 6.07) is 8.32. The summed E-state index contributed by atoms with van der Waals surface area (Å²) in [5, 5.41) is 4.55. The monoisotopic (exact) mass is 270 g/mol. The van der Waals surface area contributed by atoms with Crippen molar-refractivity contribution >= 4 is 6.29 Å². The highest BCUT2D eigenvalue weighted by atomic mass is 16.1. The van der Waals surface area contributed by atoms with Gasteiger partial charge in [-0.1, -0.05) is 51.5 Å². The van der Waals surface area contributed by atoms with Crippen LogP contribution in [0.4, 0.5) is 0 Å². The zero-order chi connectivity index (χ0) is 14.5. The second-order valence-corrected chi connectivity index (χ2v) is 5.44. The topological polar surface area (TPSA) is 34.9 Å². The number of benzene rings is 1. The third kappa shape index (κ3) is 3.16. The Labute approximate surface area is 120 Å². The van der Waals surface area contributed by atoms with Crippen molar-refractivity contribution in [2.24, 2.45) is 0 Å². The van der Waals surface area contributed by atoms with Gasteiger partial charge in [-0.25, -0.2) is 0 Å². The van der Waals surface area contributed by atoms with Gasteiger partial charge in [-0.15, -0.1) is 0 Å². The van der Waals surface area contributed by atoms with Gasteiger partial charge in [-0.3, -0.25) is 9.48 Å². The Morgan fingerprint density at radius 1 is 1.25 bits per heavy atom. The average molecular weight is 270 g/mol. The highest BCUT2D eigenvalue weighted by Crippen LogP contribution is 2.24. The number of unbranched alkanes of at least 4 members (excludes halogenated alkanes) is 1. The molecule has 0 fully saturated rings. The van der Waals surface area contributed by atoms with Crippen LogP contribution in [-0.4, -0.2) is 16.1 Å². The zero-order valence-corrected chi connectivity index (χ0v) is 12.5. The number of aldehydes is 1. The summed E-state index contributed by atoms with van der Waals surface area (Å²) in [7, 11) is 0. The first kappa shape index (κ1) is 14.5. The summed E-state index contributed by atoms with van der Waals surface area (Å²) in [4.78, 5) is 11.2. The molecule has 20 heavy (non-hydrogen) atoms. The van der Waals surface area contributed by atoms with E-state index in [1.54, 1.807) is 0 Å². The second-order valence-electron chi connectivity index (χ2n) is 5.44. The second kappa shape index (κ2) is 6.51. The Morgan fingerprint density at radius 2 is 1.95 bits per heavy atom. The molecule has 0 spiro atoms. The molecule has 0 aliphatic heterocycles. The van der Waals surface area contributed by atoms with Crippen LogP contribution in [-0.2, 0) is 6.54 Å². The maximum Gasteiger partial charge on any atom is 0.153 e. The maximum atomic E-state index is 11.2. The molecule has 1 heterocycles. The number of carbonyl (C=O) groups is 1. The van der Waals surface area contributed by atoms with Crippen LogP contribution in [0.25, 0.3) is 11.3 Å². The summed E-state index contributed by atoms with van der Waals surface area (Å²) in [6.45, 7) is 7.35. The van der Waals surface area contributed by atoms with Crippen molar-refractivity contribution < 1.29 is 4.79 Å². The van der Waals surface area contributed by atoms with Crippen molar-refractivity contribution in [1.82, 2.24) is 9.78 Å². The molecule has 0 unspecified atom stereocenters. The third-order valence-corrected chi connectivity index (χ3v) is 3.51. The van der Waals surface area contributed by atoms with Gasteiger partial charge in [0.25, 0.3) is 0 Å². The fourth-order valence-electron chi connectivity index (χ4n) is 2.21. The molecule has 0 atom stereocenters. The van der Waals surface area contributed by atoms with E-state index in [4.69, 9.17) is 0 Å². The molecule has 0 saturated heterocycles. The standard InChI is InChI=1S/C17H22N2O/c1-4-5-10-19-11-16(12-20)17(18-19)15-8-6-14(7-9-15)13(2)3/h6-9,11-13H,4-5,10H2,1-3H3. The number of hydrogen-bond donors (Lipinski definition) is 0. The molecule has 0 bridgehead atoms. The van der Waals surface area contributed by atoms with Crippen molar-refractivity contribution in [3.05, 3.63) is 41.6 Å². The minimum absolute atomic E-state index is 0.511. The molecule has 1 aromatic carbocycles. The molecule has 0 aliphatic rings. The summed E-state index contributed by atoms with van der Waals surface area (Å²) >= 11 is 0. The Kier molecular flexibility index (Phi) is 4.72. The molecule has 0 radical (unpaired) electrons. The minimum atomic E-state index is 0.511. The number of nitrogens with zero attached hydrogens (tertiary/aromatic N) is 2. The molecular weight excluding hydrogens is 248 g/mol. The number of aryl methyl sites for hydroxylation is 1. The predicted molar refractivity (Wildman–Crippen MR) is 82.0 cm³/mol. The van der Waals surface area contributed by atoms with Crippen molar-refractivity contribution in [2.45, 2.75) is 46.1 Å². The minimum Gasteiger partial charge on any atom is -0.298 e. The Balaban J connectivity index is 2.30. The molecule has 2 rings (SSSR count). The van der Waals surface area contributed by atoms with Gasteiger partial charge in [0.1, 0.15) is 5.69 Å². The molecule has 106 valence electrons. The first-order valence-electron chi connectivity index (χ1n) is 7.28. The molecule has 0 saturated carbocycles. The summed E-state index contributed by atoms with van der Waals surface area (Å²) < 4.78 is 1.87. The average Bonchev–Trinajstić information content (AvgIpc) is 2.88. The van der Waals surface area contributed by atoms with Crippen molar-refractivity contribution in [2.75, 3.05) is 0 Å². The fraction of sp³-hybridized carbons (Fsp3) is 0.412. The lowest BCUT2D eigenvalue weighted by Gasteiger charge is -2.06. The highest BCUT2D eigenvalue weighted by Gasteiger charge is 2.11. The largest absolute Gasteiger partial charge is 0.298 e. The van der Waals surface area contributed by atoms with Gasteiger partial charge in [-0.05, 0) is 17.9 Å². The van der Waals surface area contributed by atoms with Crippen LogP contribution in [0.1, 0.15) is 55.5 Å². The Bertz CT molecular complexity index is 567. The van der Waals surface area contributed by atoms with Gasteiger partial charge < -0.3 is 0 Å². The lowest BCUT2D eigenvalue weighted by Crippen LogP contribution is -1.98. The first-order valence-corrected chi connectivity index (χ1v) is 7.28. The van der Waals surface area contributed by atoms with Gasteiger partial charge in [0.2, 0.25) is 0 Å². The van der Waals surface area contributed by atoms with E-state index in [2.05, 4.69) is 50.1 Å². The van der Waals surface area contributed by atoms with E-state index in [1.807, 2.05) is 10.9 Å². The molecule has 1 aromatic heterocycles. The molecule has 0 amide bonds. The Hall–Kier alpha value is -1.90. The van der Waals surface area contributed by atoms with Crippen molar-refractivity contribution in [3.8, 4) is 11.3 Å². The zero-order valence-electron chi connectivity index (χ0n) is 12.5. The third-order valence-electron chi connectivity index (χ3n) is 3.51. The fourth-order valence-corrected chi connectivity index (χ4v) is 2.21. The molecule has 0 N–H and O–H groups in total. The number of aromatic nitrogens is 2. The van der Waals surface area contributed by atoms with Crippen LogP contribution in [0.15, 0.2) is 30.5 Å². The summed E-state index contributed by atoms with van der Waals surface area (Å²) in [6.07, 6.45) is 4.93. The molecule has 3 heteroatoms. The lowest BCUT2D eigenvalue weighted by molar-refractivity contribution is 0.112. The van der Waals surface area contributed by atoms with Crippen LogP contribution in [0, 0.1) is 0 Å². The van der Waals surface area contributed by atoms with Gasteiger partial charge in [-0.2, -0.15) is 5.10 Å². The van der Waals surface area contributed by atoms with E-state index in [1.165, 1.54) is 5.56 Å². The van der Waals surface area contributed by atoms with Crippen LogP contribution < -0.4 is 0 Å². The normalized spacial score (nSPS) is 11.0. The Morgan fingerprint density at radius 3 is 2.50 bits per heavy atom. The van der Waals surface area contributed by atoms with Crippen molar-refractivity contribution in [3.63, 3.8) is 0 Å². The van der Waals surface area contributed by atoms with E-state index < -0.39 is 0 Å². The van der Waals surface area contributed by atoms with Crippen LogP contribution in [0.3, 0.4) is 0 Å². The quantitative estimate of drug-likeness (QED) is 0.734. The van der Waals surface area contributed by atoms with E-state index >= 15 is 0 Å². The van der Waals surface area contributed by atoms with E-state index in [0.29, 0.717) is 11.5 Å². The smallest absolute Gasteiger partial charge is 0.153 e. The number of carbonyl (C=O) groups excluding carboxylic acids is 1. The van der Waals surface area contributed by atoms with E-state index in [-0.39, 0.29) is 0 Å². The van der Waals surface area contributed by atoms with E-state index in [9.17, 15) is 4.79 Å². The number of hydrogen-bond acceptors (Lipinski definition) is 2. The van der Waals surface area contributed by atoms with Crippen molar-refractivity contribution in [1.29, 1.82) is 0 Å². The SMILES string of the molecule is CCCCn1cc(C=O)c(-c2ccc(C(C)C)cc2)n1. The van der Waals surface area contributed by atoms with Gasteiger partial charge >= 0.3 is 0 Å². The maximum absolute atomic E-state index is 11.2. The molecule has 2 aromatic rings. The van der Waals surface area contributed by atoms with Gasteiger partial charge in [0.05, 0.1) is 5.56 Å². The molecule has 0 aliphatic carbocycles. The van der Waals surface area contributed by atoms with Crippen LogP contribution in [0.2, 0.25) is 0 Å². The first-order chi connectivity index (χ1) is 9.65. The molecular formula is C17H22N2O. The predicted octanol–water partition coefficient (Wildman–Crippen LogP) is 4.29.